The van der Waals surface area contributed by atoms with E-state index >= 15 is 0 Å². The number of benzene rings is 2. The summed E-state index contributed by atoms with van der Waals surface area (Å²) in [4.78, 5) is 34.5. The van der Waals surface area contributed by atoms with Gasteiger partial charge in [-0.05, 0) is 61.2 Å². The summed E-state index contributed by atoms with van der Waals surface area (Å²) in [6, 6.07) is 14.8. The Bertz CT molecular complexity index is 1690. The highest BCUT2D eigenvalue weighted by molar-refractivity contribution is 7.16. The van der Waals surface area contributed by atoms with Crippen LogP contribution in [0.1, 0.15) is 51.3 Å². The third kappa shape index (κ3) is 2.97. The van der Waals surface area contributed by atoms with Gasteiger partial charge in [0.1, 0.15) is 11.4 Å². The van der Waals surface area contributed by atoms with E-state index in [-0.39, 0.29) is 29.3 Å². The highest BCUT2D eigenvalue weighted by Crippen LogP contribution is 2.65. The number of hydrogen-bond acceptors (Lipinski definition) is 5. The molecule has 0 radical (unpaired) electrons. The van der Waals surface area contributed by atoms with Crippen LogP contribution in [0.25, 0.3) is 11.0 Å². The number of fused-ring (bicyclic) bond motifs is 7. The summed E-state index contributed by atoms with van der Waals surface area (Å²) in [5, 5.41) is 13.3. The molecule has 0 bridgehead atoms. The molecule has 2 N–H and O–H groups in total. The molecule has 4 atom stereocenters. The second-order valence-corrected chi connectivity index (χ2v) is 13.0. The zero-order valence-corrected chi connectivity index (χ0v) is 22.4. The number of imidazole rings is 1. The number of anilines is 1. The van der Waals surface area contributed by atoms with Gasteiger partial charge in [-0.2, -0.15) is 0 Å². The van der Waals surface area contributed by atoms with Crippen LogP contribution in [-0.2, 0) is 16.9 Å². The van der Waals surface area contributed by atoms with Crippen LogP contribution in [0.2, 0.25) is 9.36 Å². The summed E-state index contributed by atoms with van der Waals surface area (Å²) in [6.07, 6.45) is 2.33. The van der Waals surface area contributed by atoms with Crippen molar-refractivity contribution in [2.75, 3.05) is 11.9 Å². The minimum atomic E-state index is -0.975. The van der Waals surface area contributed by atoms with Crippen LogP contribution in [0.3, 0.4) is 0 Å². The SMILES string of the molecule is O=C(O)c1ccc2c(c1)nc1n2C[C@H]2[C@@H]1[C@H](c1ccc(Cl)s1)[C@]1(C(=O)Nc3cc(Cl)ccc31)N2CC1CC1. The Hall–Kier alpha value is -2.91. The Morgan fingerprint density at radius 1 is 1.16 bits per heavy atom. The Labute approximate surface area is 232 Å². The number of carbonyl (C=O) groups excluding carboxylic acids is 1. The molecule has 1 spiro atoms. The largest absolute Gasteiger partial charge is 0.478 e. The number of carboxylic acids is 1. The molecule has 2 fully saturated rings. The molecule has 1 amide bonds. The molecule has 3 aliphatic heterocycles. The molecular formula is C28H22Cl2N4O3S. The minimum Gasteiger partial charge on any atom is -0.478 e. The van der Waals surface area contributed by atoms with Gasteiger partial charge in [-0.15, -0.1) is 11.3 Å². The maximum Gasteiger partial charge on any atom is 0.335 e. The van der Waals surface area contributed by atoms with Gasteiger partial charge in [0.25, 0.3) is 0 Å². The summed E-state index contributed by atoms with van der Waals surface area (Å²) >= 11 is 14.4. The van der Waals surface area contributed by atoms with Crippen molar-refractivity contribution >= 4 is 63.1 Å². The molecule has 2 aromatic carbocycles. The fourth-order valence-electron chi connectivity index (χ4n) is 7.19. The zero-order valence-electron chi connectivity index (χ0n) is 20.0. The van der Waals surface area contributed by atoms with E-state index in [1.807, 2.05) is 36.4 Å². The molecule has 5 heterocycles. The quantitative estimate of drug-likeness (QED) is 0.321. The second kappa shape index (κ2) is 7.82. The van der Waals surface area contributed by atoms with Gasteiger partial charge in [-0.1, -0.05) is 29.3 Å². The molecule has 7 nitrogen and oxygen atoms in total. The minimum absolute atomic E-state index is 0.0323. The number of likely N-dealkylation sites (tertiary alicyclic amines) is 1. The van der Waals surface area contributed by atoms with E-state index < -0.39 is 11.5 Å². The normalized spacial score (nSPS) is 27.6. The van der Waals surface area contributed by atoms with E-state index in [2.05, 4.69) is 14.8 Å². The van der Waals surface area contributed by atoms with Gasteiger partial charge < -0.3 is 15.0 Å². The van der Waals surface area contributed by atoms with E-state index in [4.69, 9.17) is 28.2 Å². The Balaban J connectivity index is 1.39. The molecule has 10 heteroatoms. The second-order valence-electron chi connectivity index (χ2n) is 10.8. The molecule has 1 aliphatic carbocycles. The predicted octanol–water partition coefficient (Wildman–Crippen LogP) is 5.93. The Morgan fingerprint density at radius 2 is 2.00 bits per heavy atom. The third-order valence-electron chi connectivity index (χ3n) is 8.81. The van der Waals surface area contributed by atoms with E-state index in [1.165, 1.54) is 24.2 Å². The predicted molar refractivity (Wildman–Crippen MR) is 146 cm³/mol. The van der Waals surface area contributed by atoms with Crippen LogP contribution in [-0.4, -0.2) is 44.0 Å². The van der Waals surface area contributed by atoms with Gasteiger partial charge in [0.2, 0.25) is 5.91 Å². The van der Waals surface area contributed by atoms with Gasteiger partial charge in [0, 0.05) is 52.1 Å². The van der Waals surface area contributed by atoms with Crippen molar-refractivity contribution in [3.63, 3.8) is 0 Å². The molecule has 2 aromatic heterocycles. The van der Waals surface area contributed by atoms with Crippen molar-refractivity contribution in [3.05, 3.63) is 79.7 Å². The lowest BCUT2D eigenvalue weighted by molar-refractivity contribution is -0.128. The molecule has 1 saturated carbocycles. The average Bonchev–Trinajstić information content (AvgIpc) is 3.14. The fraction of sp³-hybridized carbons (Fsp3) is 0.321. The number of halogens is 2. The van der Waals surface area contributed by atoms with Gasteiger partial charge >= 0.3 is 5.97 Å². The van der Waals surface area contributed by atoms with Crippen molar-refractivity contribution in [2.45, 2.75) is 42.8 Å². The molecule has 4 aromatic rings. The molecule has 8 rings (SSSR count). The summed E-state index contributed by atoms with van der Waals surface area (Å²) in [5.41, 5.74) is 2.60. The maximum absolute atomic E-state index is 14.3. The number of hydrogen-bond donors (Lipinski definition) is 2. The molecule has 38 heavy (non-hydrogen) atoms. The number of aromatic nitrogens is 2. The summed E-state index contributed by atoms with van der Waals surface area (Å²) in [7, 11) is 0. The van der Waals surface area contributed by atoms with E-state index in [0.717, 1.165) is 34.0 Å². The lowest BCUT2D eigenvalue weighted by atomic mass is 9.74. The van der Waals surface area contributed by atoms with E-state index in [0.29, 0.717) is 27.3 Å². The lowest BCUT2D eigenvalue weighted by Gasteiger charge is -2.40. The molecule has 1 saturated heterocycles. The first-order valence-corrected chi connectivity index (χ1v) is 14.3. The van der Waals surface area contributed by atoms with Crippen LogP contribution >= 0.6 is 34.5 Å². The number of carbonyl (C=O) groups is 2. The van der Waals surface area contributed by atoms with Crippen molar-refractivity contribution in [1.82, 2.24) is 14.5 Å². The van der Waals surface area contributed by atoms with Crippen LogP contribution in [0.5, 0.6) is 0 Å². The lowest BCUT2D eigenvalue weighted by Crippen LogP contribution is -2.53. The Morgan fingerprint density at radius 3 is 2.74 bits per heavy atom. The first kappa shape index (κ1) is 23.0. The van der Waals surface area contributed by atoms with E-state index in [1.54, 1.807) is 12.1 Å². The van der Waals surface area contributed by atoms with Gasteiger partial charge in [-0.3, -0.25) is 9.69 Å². The van der Waals surface area contributed by atoms with Gasteiger partial charge in [-0.25, -0.2) is 9.78 Å². The van der Waals surface area contributed by atoms with Gasteiger partial charge in [0.15, 0.2) is 0 Å². The smallest absolute Gasteiger partial charge is 0.335 e. The fourth-order valence-corrected chi connectivity index (χ4v) is 8.63. The molecule has 4 aliphatic rings. The Kier molecular flexibility index (Phi) is 4.74. The van der Waals surface area contributed by atoms with Crippen LogP contribution < -0.4 is 5.32 Å². The van der Waals surface area contributed by atoms with Crippen molar-refractivity contribution in [2.24, 2.45) is 5.92 Å². The number of carboxylic acid groups (broad SMARTS) is 1. The van der Waals surface area contributed by atoms with Crippen LogP contribution in [0.15, 0.2) is 48.5 Å². The standard InChI is InChI=1S/C28H22Cl2N4O3S/c29-15-4-5-16-17(10-15)32-27(37)28(16)24(21-7-8-22(30)38-21)23-20(34(28)11-13-1-2-13)12-33-19-6-3-14(26(35)36)9-18(19)31-25(23)33/h3-10,13,20,23-24H,1-2,11-12H2,(H,32,37)(H,35,36)/t20-,23+,24-,28+/m0/s1. The first-order chi connectivity index (χ1) is 18.4. The number of amides is 1. The topological polar surface area (TPSA) is 87.5 Å². The molecule has 192 valence electrons. The van der Waals surface area contributed by atoms with Crippen molar-refractivity contribution < 1.29 is 14.7 Å². The summed E-state index contributed by atoms with van der Waals surface area (Å²) in [6.45, 7) is 1.52. The number of nitrogens with one attached hydrogen (secondary N) is 1. The number of rotatable bonds is 4. The van der Waals surface area contributed by atoms with Crippen molar-refractivity contribution in [1.29, 1.82) is 0 Å². The highest BCUT2D eigenvalue weighted by atomic mass is 35.5. The maximum atomic E-state index is 14.3. The monoisotopic (exact) mass is 564 g/mol. The van der Waals surface area contributed by atoms with Crippen LogP contribution in [0, 0.1) is 5.92 Å². The van der Waals surface area contributed by atoms with Crippen LogP contribution in [0.4, 0.5) is 5.69 Å². The number of thiophene rings is 1. The third-order valence-corrected chi connectivity index (χ3v) is 10.4. The first-order valence-electron chi connectivity index (χ1n) is 12.7. The summed E-state index contributed by atoms with van der Waals surface area (Å²) < 4.78 is 2.90. The van der Waals surface area contributed by atoms with Gasteiger partial charge in [0.05, 0.1) is 20.9 Å². The van der Waals surface area contributed by atoms with Crippen molar-refractivity contribution in [3.8, 4) is 0 Å². The number of aromatic carboxylic acids is 1. The number of nitrogens with zero attached hydrogens (tertiary/aromatic N) is 3. The summed E-state index contributed by atoms with van der Waals surface area (Å²) in [5.74, 6) is 0.160. The zero-order chi connectivity index (χ0) is 25.9. The molecule has 0 unspecified atom stereocenters. The van der Waals surface area contributed by atoms with E-state index in [9.17, 15) is 14.7 Å². The highest BCUT2D eigenvalue weighted by Gasteiger charge is 2.69. The average molecular weight is 565 g/mol. The molecular weight excluding hydrogens is 543 g/mol.